The number of amides is 3. The van der Waals surface area contributed by atoms with E-state index >= 15 is 0 Å². The smallest absolute Gasteiger partial charge is 0.262 e. The molecule has 19 heavy (non-hydrogen) atoms. The quantitative estimate of drug-likeness (QED) is 0.825. The molecule has 1 atom stereocenters. The summed E-state index contributed by atoms with van der Waals surface area (Å²) in [5.74, 6) is -1.37. The van der Waals surface area contributed by atoms with Crippen LogP contribution in [0, 0.1) is 5.92 Å². The standard InChI is InChI=1S/C14H16N2O3/c1-8(2)7-11(12(15)17)16-13(18)9-5-3-4-6-10(9)14(16)19/h3-6,8,11H,7H2,1-2H3,(H2,15,17). The van der Waals surface area contributed by atoms with E-state index in [0.717, 1.165) is 4.90 Å². The third-order valence-electron chi connectivity index (χ3n) is 3.16. The molecule has 0 radical (unpaired) electrons. The summed E-state index contributed by atoms with van der Waals surface area (Å²) in [6.07, 6.45) is 0.376. The van der Waals surface area contributed by atoms with Gasteiger partial charge in [0.2, 0.25) is 5.91 Å². The molecule has 0 saturated carbocycles. The molecule has 100 valence electrons. The van der Waals surface area contributed by atoms with Crippen LogP contribution in [0.1, 0.15) is 41.0 Å². The Morgan fingerprint density at radius 2 is 1.63 bits per heavy atom. The highest BCUT2D eigenvalue weighted by atomic mass is 16.2. The lowest BCUT2D eigenvalue weighted by Gasteiger charge is -2.24. The lowest BCUT2D eigenvalue weighted by molar-refractivity contribution is -0.122. The number of imide groups is 1. The zero-order valence-corrected chi connectivity index (χ0v) is 10.9. The molecule has 0 saturated heterocycles. The van der Waals surface area contributed by atoms with Crippen LogP contribution in [0.2, 0.25) is 0 Å². The van der Waals surface area contributed by atoms with Gasteiger partial charge in [0.1, 0.15) is 6.04 Å². The van der Waals surface area contributed by atoms with Gasteiger partial charge in [0.15, 0.2) is 0 Å². The third kappa shape index (κ3) is 2.23. The molecule has 1 aliphatic rings. The molecule has 3 amide bonds. The summed E-state index contributed by atoms with van der Waals surface area (Å²) in [6, 6.07) is 5.67. The predicted octanol–water partition coefficient (Wildman–Crippen LogP) is 1.18. The summed E-state index contributed by atoms with van der Waals surface area (Å²) < 4.78 is 0. The second-order valence-electron chi connectivity index (χ2n) is 5.07. The fourth-order valence-electron chi connectivity index (χ4n) is 2.29. The van der Waals surface area contributed by atoms with Gasteiger partial charge in [-0.05, 0) is 24.5 Å². The monoisotopic (exact) mass is 260 g/mol. The highest BCUT2D eigenvalue weighted by Crippen LogP contribution is 2.26. The van der Waals surface area contributed by atoms with Gasteiger partial charge in [-0.15, -0.1) is 0 Å². The maximum absolute atomic E-state index is 12.2. The van der Waals surface area contributed by atoms with E-state index in [1.54, 1.807) is 24.3 Å². The first-order valence-electron chi connectivity index (χ1n) is 6.19. The van der Waals surface area contributed by atoms with Gasteiger partial charge in [-0.2, -0.15) is 0 Å². The van der Waals surface area contributed by atoms with Crippen LogP contribution in [0.25, 0.3) is 0 Å². The van der Waals surface area contributed by atoms with Crippen molar-refractivity contribution in [1.82, 2.24) is 4.90 Å². The first-order valence-corrected chi connectivity index (χ1v) is 6.19. The number of benzene rings is 1. The van der Waals surface area contributed by atoms with Gasteiger partial charge in [-0.25, -0.2) is 0 Å². The molecule has 0 aliphatic carbocycles. The molecule has 0 aromatic heterocycles. The molecule has 1 unspecified atom stereocenters. The van der Waals surface area contributed by atoms with Gasteiger partial charge < -0.3 is 5.73 Å². The van der Waals surface area contributed by atoms with Crippen molar-refractivity contribution in [2.24, 2.45) is 11.7 Å². The van der Waals surface area contributed by atoms with E-state index in [1.165, 1.54) is 0 Å². The van der Waals surface area contributed by atoms with Crippen molar-refractivity contribution in [1.29, 1.82) is 0 Å². The molecule has 1 aromatic rings. The normalized spacial score (nSPS) is 15.8. The summed E-state index contributed by atoms with van der Waals surface area (Å²) in [5.41, 5.74) is 6.01. The Hall–Kier alpha value is -2.17. The third-order valence-corrected chi connectivity index (χ3v) is 3.16. The molecule has 1 aliphatic heterocycles. The van der Waals surface area contributed by atoms with E-state index in [-0.39, 0.29) is 5.92 Å². The van der Waals surface area contributed by atoms with Gasteiger partial charge in [0, 0.05) is 0 Å². The van der Waals surface area contributed by atoms with E-state index in [2.05, 4.69) is 0 Å². The highest BCUT2D eigenvalue weighted by Gasteiger charge is 2.41. The van der Waals surface area contributed by atoms with Crippen LogP contribution in [0.5, 0.6) is 0 Å². The fourth-order valence-corrected chi connectivity index (χ4v) is 2.29. The maximum Gasteiger partial charge on any atom is 0.262 e. The highest BCUT2D eigenvalue weighted by molar-refractivity contribution is 6.22. The molecule has 5 heteroatoms. The number of fused-ring (bicyclic) bond motifs is 1. The number of rotatable bonds is 4. The van der Waals surface area contributed by atoms with Crippen LogP contribution in [0.3, 0.4) is 0 Å². The Morgan fingerprint density at radius 1 is 1.16 bits per heavy atom. The number of primary amides is 1. The van der Waals surface area contributed by atoms with E-state index in [4.69, 9.17) is 5.73 Å². The van der Waals surface area contributed by atoms with Gasteiger partial charge in [0.25, 0.3) is 11.8 Å². The average molecular weight is 260 g/mol. The number of nitrogens with two attached hydrogens (primary N) is 1. The molecule has 0 spiro atoms. The van der Waals surface area contributed by atoms with Crippen molar-refractivity contribution in [2.75, 3.05) is 0 Å². The average Bonchev–Trinajstić information content (AvgIpc) is 2.60. The minimum Gasteiger partial charge on any atom is -0.368 e. The summed E-state index contributed by atoms with van der Waals surface area (Å²) >= 11 is 0. The van der Waals surface area contributed by atoms with Crippen molar-refractivity contribution in [2.45, 2.75) is 26.3 Å². The fraction of sp³-hybridized carbons (Fsp3) is 0.357. The topological polar surface area (TPSA) is 80.5 Å². The van der Waals surface area contributed by atoms with E-state index in [1.807, 2.05) is 13.8 Å². The summed E-state index contributed by atoms with van der Waals surface area (Å²) in [6.45, 7) is 3.82. The Labute approximate surface area is 111 Å². The van der Waals surface area contributed by atoms with Crippen LogP contribution in [-0.4, -0.2) is 28.7 Å². The molecule has 2 N–H and O–H groups in total. The van der Waals surface area contributed by atoms with Gasteiger partial charge in [0.05, 0.1) is 11.1 Å². The summed E-state index contributed by atoms with van der Waals surface area (Å²) in [7, 11) is 0. The largest absolute Gasteiger partial charge is 0.368 e. The zero-order valence-electron chi connectivity index (χ0n) is 10.9. The minimum atomic E-state index is -0.882. The van der Waals surface area contributed by atoms with Crippen LogP contribution in [0.4, 0.5) is 0 Å². The van der Waals surface area contributed by atoms with Crippen LogP contribution in [0.15, 0.2) is 24.3 Å². The molecular formula is C14H16N2O3. The predicted molar refractivity (Wildman–Crippen MR) is 69.4 cm³/mol. The van der Waals surface area contributed by atoms with Crippen molar-refractivity contribution >= 4 is 17.7 Å². The lowest BCUT2D eigenvalue weighted by Crippen LogP contribution is -2.48. The number of hydrogen-bond acceptors (Lipinski definition) is 3. The number of hydrogen-bond donors (Lipinski definition) is 1. The second kappa shape index (κ2) is 4.84. The van der Waals surface area contributed by atoms with Gasteiger partial charge in [-0.1, -0.05) is 26.0 Å². The number of carbonyl (C=O) groups is 3. The van der Waals surface area contributed by atoms with Crippen LogP contribution < -0.4 is 5.73 Å². The van der Waals surface area contributed by atoms with Crippen molar-refractivity contribution in [3.63, 3.8) is 0 Å². The minimum absolute atomic E-state index is 0.154. The van der Waals surface area contributed by atoms with E-state index in [0.29, 0.717) is 17.5 Å². The van der Waals surface area contributed by atoms with Gasteiger partial charge in [-0.3, -0.25) is 19.3 Å². The van der Waals surface area contributed by atoms with Crippen LogP contribution in [-0.2, 0) is 4.79 Å². The lowest BCUT2D eigenvalue weighted by atomic mass is 10.0. The maximum atomic E-state index is 12.2. The second-order valence-corrected chi connectivity index (χ2v) is 5.07. The van der Waals surface area contributed by atoms with Crippen LogP contribution >= 0.6 is 0 Å². The Kier molecular flexibility index (Phi) is 3.38. The SMILES string of the molecule is CC(C)CC(C(N)=O)N1C(=O)c2ccccc2C1=O. The molecule has 0 fully saturated rings. The van der Waals surface area contributed by atoms with E-state index in [9.17, 15) is 14.4 Å². The number of carbonyl (C=O) groups excluding carboxylic acids is 3. The Bertz CT molecular complexity index is 516. The zero-order chi connectivity index (χ0) is 14.2. The molecule has 1 heterocycles. The summed E-state index contributed by atoms with van der Waals surface area (Å²) in [5, 5.41) is 0. The van der Waals surface area contributed by atoms with Crippen molar-refractivity contribution in [3.05, 3.63) is 35.4 Å². The van der Waals surface area contributed by atoms with Gasteiger partial charge >= 0.3 is 0 Å². The van der Waals surface area contributed by atoms with Crippen molar-refractivity contribution in [3.8, 4) is 0 Å². The summed E-state index contributed by atoms with van der Waals surface area (Å²) in [4.78, 5) is 37.0. The Balaban J connectivity index is 2.39. The molecular weight excluding hydrogens is 244 g/mol. The number of nitrogens with zero attached hydrogens (tertiary/aromatic N) is 1. The Morgan fingerprint density at radius 3 is 2.00 bits per heavy atom. The molecule has 2 rings (SSSR count). The van der Waals surface area contributed by atoms with E-state index < -0.39 is 23.8 Å². The first-order chi connectivity index (χ1) is 8.93. The van der Waals surface area contributed by atoms with Crippen molar-refractivity contribution < 1.29 is 14.4 Å². The first kappa shape index (κ1) is 13.3. The molecule has 1 aromatic carbocycles. The molecule has 5 nitrogen and oxygen atoms in total. The molecule has 0 bridgehead atoms.